The summed E-state index contributed by atoms with van der Waals surface area (Å²) < 4.78 is 5.96. The lowest BCUT2D eigenvalue weighted by Gasteiger charge is -2.63. The maximum atomic E-state index is 11.9. The molecule has 2 heterocycles. The fraction of sp³-hybridized carbons (Fsp3) is 1.00. The second-order valence-corrected chi connectivity index (χ2v) is 12.0. The quantitative estimate of drug-likeness (QED) is 0.688. The molecule has 28 heavy (non-hydrogen) atoms. The Hall–Kier alpha value is -0.160. The van der Waals surface area contributed by atoms with Gasteiger partial charge in [-0.1, -0.05) is 20.3 Å². The van der Waals surface area contributed by atoms with Gasteiger partial charge < -0.3 is 9.84 Å². The van der Waals surface area contributed by atoms with Gasteiger partial charge in [0.15, 0.2) is 12.5 Å². The van der Waals surface area contributed by atoms with Gasteiger partial charge in [-0.3, -0.25) is 4.90 Å². The Morgan fingerprint density at radius 2 is 1.75 bits per heavy atom. The van der Waals surface area contributed by atoms with Crippen LogP contribution in [0.3, 0.4) is 0 Å². The number of fused-ring (bicyclic) bond motifs is 6. The average molecular weight is 389 g/mol. The molecule has 0 radical (unpaired) electrons. The molecule has 2 saturated heterocycles. The molecule has 1 N–H and O–H groups in total. The Bertz CT molecular complexity index is 657. The fourth-order valence-corrected chi connectivity index (χ4v) is 9.24. The van der Waals surface area contributed by atoms with E-state index in [0.29, 0.717) is 10.8 Å². The van der Waals surface area contributed by atoms with Crippen LogP contribution in [0.1, 0.15) is 78.1 Å². The van der Waals surface area contributed by atoms with Crippen molar-refractivity contribution in [2.45, 2.75) is 96.2 Å². The van der Waals surface area contributed by atoms with E-state index in [1.54, 1.807) is 0 Å². The summed E-state index contributed by atoms with van der Waals surface area (Å²) in [7, 11) is 2.15. The van der Waals surface area contributed by atoms with E-state index in [1.165, 1.54) is 51.4 Å². The fourth-order valence-electron chi connectivity index (χ4n) is 9.24. The summed E-state index contributed by atoms with van der Waals surface area (Å²) in [6.45, 7) is 7.14. The second kappa shape index (κ2) is 5.96. The summed E-state index contributed by atoms with van der Waals surface area (Å²) in [5.74, 6) is 3.53. The summed E-state index contributed by atoms with van der Waals surface area (Å²) >= 11 is 0. The van der Waals surface area contributed by atoms with Crippen LogP contribution in [0.25, 0.3) is 0 Å². The molecule has 0 aromatic heterocycles. The number of ether oxygens (including phenoxy) is 1. The molecular weight excluding hydrogens is 348 g/mol. The molecule has 0 bridgehead atoms. The first-order chi connectivity index (χ1) is 13.3. The number of epoxide rings is 1. The Labute approximate surface area is 171 Å². The molecule has 0 spiro atoms. The van der Waals surface area contributed by atoms with Crippen molar-refractivity contribution < 1.29 is 9.84 Å². The number of nitrogens with zero attached hydrogens (tertiary/aromatic N) is 2. The summed E-state index contributed by atoms with van der Waals surface area (Å²) in [6.07, 6.45) is 13.6. The maximum Gasteiger partial charge on any atom is 0.155 e. The lowest BCUT2D eigenvalue weighted by atomic mass is 9.44. The Morgan fingerprint density at radius 3 is 2.61 bits per heavy atom. The molecule has 4 saturated carbocycles. The molecule has 4 nitrogen and oxygen atoms in total. The van der Waals surface area contributed by atoms with E-state index in [-0.39, 0.29) is 12.5 Å². The van der Waals surface area contributed by atoms with Crippen molar-refractivity contribution in [2.75, 3.05) is 20.1 Å². The minimum absolute atomic E-state index is 0.132. The number of aliphatic hydroxyl groups is 1. The van der Waals surface area contributed by atoms with Gasteiger partial charge in [-0.05, 0) is 99.3 Å². The molecule has 6 fully saturated rings. The first kappa shape index (κ1) is 18.6. The van der Waals surface area contributed by atoms with E-state index in [9.17, 15) is 5.11 Å². The van der Waals surface area contributed by atoms with Gasteiger partial charge >= 0.3 is 0 Å². The Morgan fingerprint density at radius 1 is 0.893 bits per heavy atom. The summed E-state index contributed by atoms with van der Waals surface area (Å²) in [5, 5.41) is 11.9. The molecule has 4 aliphatic carbocycles. The van der Waals surface area contributed by atoms with Crippen molar-refractivity contribution in [1.29, 1.82) is 0 Å². The van der Waals surface area contributed by atoms with Gasteiger partial charge in [0.25, 0.3) is 0 Å². The number of hydrogen-bond donors (Lipinski definition) is 1. The number of rotatable bonds is 1. The molecule has 4 heteroatoms. The van der Waals surface area contributed by atoms with E-state index < -0.39 is 5.72 Å². The Kier molecular flexibility index (Phi) is 3.96. The van der Waals surface area contributed by atoms with Crippen LogP contribution < -0.4 is 0 Å². The van der Waals surface area contributed by atoms with Gasteiger partial charge in [0, 0.05) is 13.1 Å². The largest absolute Gasteiger partial charge is 0.376 e. The lowest BCUT2D eigenvalue weighted by Crippen LogP contribution is -2.63. The van der Waals surface area contributed by atoms with Crippen LogP contribution in [0.4, 0.5) is 0 Å². The van der Waals surface area contributed by atoms with Crippen LogP contribution in [0, 0.1) is 34.5 Å². The van der Waals surface area contributed by atoms with Crippen LogP contribution >= 0.6 is 0 Å². The molecule has 0 aromatic rings. The number of piperazine rings is 1. The van der Waals surface area contributed by atoms with Gasteiger partial charge in [-0.2, -0.15) is 0 Å². The molecular formula is C24H40N2O2. The highest BCUT2D eigenvalue weighted by Crippen LogP contribution is 2.67. The van der Waals surface area contributed by atoms with E-state index >= 15 is 0 Å². The smallest absolute Gasteiger partial charge is 0.155 e. The Balaban J connectivity index is 1.28. The minimum Gasteiger partial charge on any atom is -0.376 e. The summed E-state index contributed by atoms with van der Waals surface area (Å²) in [6, 6.07) is 0. The van der Waals surface area contributed by atoms with E-state index in [0.717, 1.165) is 49.6 Å². The third-order valence-electron chi connectivity index (χ3n) is 10.8. The van der Waals surface area contributed by atoms with Crippen molar-refractivity contribution in [1.82, 2.24) is 9.80 Å². The van der Waals surface area contributed by atoms with Crippen molar-refractivity contribution >= 4 is 0 Å². The van der Waals surface area contributed by atoms with Gasteiger partial charge in [0.05, 0.1) is 0 Å². The predicted molar refractivity (Wildman–Crippen MR) is 109 cm³/mol. The predicted octanol–water partition coefficient (Wildman–Crippen LogP) is 4.04. The van der Waals surface area contributed by atoms with E-state index in [4.69, 9.17) is 4.74 Å². The summed E-state index contributed by atoms with van der Waals surface area (Å²) in [4.78, 5) is 4.65. The minimum atomic E-state index is -0.649. The van der Waals surface area contributed by atoms with E-state index in [1.807, 2.05) is 0 Å². The van der Waals surface area contributed by atoms with Crippen molar-refractivity contribution in [2.24, 2.45) is 34.5 Å². The third kappa shape index (κ3) is 2.44. The molecule has 2 aliphatic heterocycles. The molecule has 9 atom stereocenters. The monoisotopic (exact) mass is 388 g/mol. The third-order valence-corrected chi connectivity index (χ3v) is 10.8. The second-order valence-electron chi connectivity index (χ2n) is 12.0. The van der Waals surface area contributed by atoms with Gasteiger partial charge in [-0.25, -0.2) is 4.90 Å². The average Bonchev–Trinajstić information content (AvgIpc) is 3.35. The lowest BCUT2D eigenvalue weighted by molar-refractivity contribution is -0.219. The van der Waals surface area contributed by atoms with Crippen molar-refractivity contribution in [3.05, 3.63) is 0 Å². The maximum absolute atomic E-state index is 11.9. The van der Waals surface area contributed by atoms with Crippen molar-refractivity contribution in [3.63, 3.8) is 0 Å². The highest BCUT2D eigenvalue weighted by Gasteiger charge is 2.63. The molecule has 4 unspecified atom stereocenters. The van der Waals surface area contributed by atoms with Gasteiger partial charge in [0.2, 0.25) is 0 Å². The van der Waals surface area contributed by atoms with Crippen LogP contribution in [0.2, 0.25) is 0 Å². The summed E-state index contributed by atoms with van der Waals surface area (Å²) in [5.41, 5.74) is 0.291. The normalized spacial score (nSPS) is 59.1. The van der Waals surface area contributed by atoms with Crippen molar-refractivity contribution in [3.8, 4) is 0 Å². The highest BCUT2D eigenvalue weighted by molar-refractivity contribution is 5.10. The van der Waals surface area contributed by atoms with Crippen LogP contribution in [0.15, 0.2) is 0 Å². The van der Waals surface area contributed by atoms with Gasteiger partial charge in [-0.15, -0.1) is 0 Å². The van der Waals surface area contributed by atoms with Crippen LogP contribution in [-0.4, -0.2) is 53.2 Å². The highest BCUT2D eigenvalue weighted by atomic mass is 16.6. The molecule has 0 aromatic carbocycles. The first-order valence-electron chi connectivity index (χ1n) is 12.2. The van der Waals surface area contributed by atoms with Crippen LogP contribution in [-0.2, 0) is 4.74 Å². The number of likely N-dealkylation sites (N-methyl/N-ethyl adjacent to an activating group) is 1. The molecule has 158 valence electrons. The zero-order valence-electron chi connectivity index (χ0n) is 18.2. The number of hydrogen-bond acceptors (Lipinski definition) is 4. The van der Waals surface area contributed by atoms with Gasteiger partial charge in [0.1, 0.15) is 5.72 Å². The zero-order chi connectivity index (χ0) is 19.3. The molecule has 6 aliphatic rings. The standard InChI is InChI=1S/C24H40N2O2/c1-22-10-4-5-18(22)17-7-6-16-8-12-24(27,15-23(16,2)19(17)9-11-22)26-14-13-25(3)20-21(26)28-20/h16-21,27H,4-15H2,1-3H3/t16?,17-,18-,19+,20?,21?,22-,23-,24?/m0/s1. The molecule has 6 rings (SSSR count). The zero-order valence-corrected chi connectivity index (χ0v) is 18.2. The first-order valence-corrected chi connectivity index (χ1v) is 12.2. The van der Waals surface area contributed by atoms with E-state index in [2.05, 4.69) is 30.7 Å². The SMILES string of the molecule is CN1CCN(C2(O)CCC3CC[C@@H]4[C@@H](CC[C@]5(C)CCC[C@@H]45)[C@@]3(C)C2)C2OC21. The van der Waals surface area contributed by atoms with Crippen LogP contribution in [0.5, 0.6) is 0 Å². The topological polar surface area (TPSA) is 39.2 Å². The molecule has 0 amide bonds.